The fraction of sp³-hybridized carbons (Fsp3) is 0.455. The largest absolute Gasteiger partial charge is 0.493 e. The maximum absolute atomic E-state index is 5.59. The Morgan fingerprint density at radius 3 is 2.17 bits per heavy atom. The van der Waals surface area contributed by atoms with Gasteiger partial charge in [0.25, 0.3) is 0 Å². The topological polar surface area (TPSA) is 52.2 Å². The van der Waals surface area contributed by atoms with Crippen LogP contribution in [0.3, 0.4) is 0 Å². The molecular formula is C22H29BrN2O4. The number of rotatable bonds is 7. The number of methoxy groups -OCH3 is 4. The number of nitrogens with one attached hydrogen (secondary N) is 1. The molecule has 29 heavy (non-hydrogen) atoms. The molecule has 0 bridgehead atoms. The predicted octanol–water partition coefficient (Wildman–Crippen LogP) is 3.87. The third kappa shape index (κ3) is 4.79. The molecule has 1 saturated heterocycles. The van der Waals surface area contributed by atoms with Crippen molar-refractivity contribution in [3.63, 3.8) is 0 Å². The van der Waals surface area contributed by atoms with Crippen LogP contribution in [0.15, 0.2) is 34.8 Å². The van der Waals surface area contributed by atoms with Gasteiger partial charge < -0.3 is 24.3 Å². The molecule has 1 aliphatic rings. The van der Waals surface area contributed by atoms with Gasteiger partial charge >= 0.3 is 0 Å². The lowest BCUT2D eigenvalue weighted by Crippen LogP contribution is -2.33. The summed E-state index contributed by atoms with van der Waals surface area (Å²) in [5, 5.41) is 3.49. The lowest BCUT2D eigenvalue weighted by molar-refractivity contribution is 0.239. The molecule has 1 heterocycles. The van der Waals surface area contributed by atoms with Crippen LogP contribution >= 0.6 is 15.9 Å². The Morgan fingerprint density at radius 1 is 0.828 bits per heavy atom. The normalized spacial score (nSPS) is 16.0. The second-order valence-corrected chi connectivity index (χ2v) is 7.74. The molecule has 1 unspecified atom stereocenters. The van der Waals surface area contributed by atoms with E-state index in [2.05, 4.69) is 44.3 Å². The van der Waals surface area contributed by atoms with Crippen molar-refractivity contribution >= 4 is 15.9 Å². The quantitative estimate of drug-likeness (QED) is 0.670. The molecule has 0 radical (unpaired) electrons. The van der Waals surface area contributed by atoms with Crippen LogP contribution in [-0.4, -0.2) is 59.5 Å². The molecule has 0 amide bonds. The van der Waals surface area contributed by atoms with Crippen LogP contribution in [0.5, 0.6) is 23.0 Å². The summed E-state index contributed by atoms with van der Waals surface area (Å²) >= 11 is 3.77. The molecule has 1 N–H and O–H groups in total. The highest BCUT2D eigenvalue weighted by atomic mass is 79.9. The van der Waals surface area contributed by atoms with Gasteiger partial charge in [0.15, 0.2) is 23.0 Å². The minimum atomic E-state index is 0.0314. The van der Waals surface area contributed by atoms with Gasteiger partial charge in [-0.2, -0.15) is 0 Å². The van der Waals surface area contributed by atoms with Crippen LogP contribution < -0.4 is 24.3 Å². The number of hydrogen-bond acceptors (Lipinski definition) is 6. The zero-order valence-corrected chi connectivity index (χ0v) is 19.0. The standard InChI is InChI=1S/C22H29BrN2O4/c1-26-18-7-6-15(12-19(18)27-2)22(25-10-5-8-24-9-11-25)16-13-20(28-3)21(29-4)14-17(16)23/h6-7,12-14,22,24H,5,8-11H2,1-4H3. The first-order chi connectivity index (χ1) is 14.1. The van der Waals surface area contributed by atoms with Crippen LogP contribution in [0.1, 0.15) is 23.6 Å². The van der Waals surface area contributed by atoms with Crippen LogP contribution in [0.2, 0.25) is 0 Å². The maximum Gasteiger partial charge on any atom is 0.161 e. The summed E-state index contributed by atoms with van der Waals surface area (Å²) in [7, 11) is 6.63. The van der Waals surface area contributed by atoms with E-state index in [1.54, 1.807) is 28.4 Å². The first-order valence-electron chi connectivity index (χ1n) is 9.71. The van der Waals surface area contributed by atoms with Gasteiger partial charge in [-0.15, -0.1) is 0 Å². The molecule has 0 spiro atoms. The molecule has 2 aromatic carbocycles. The van der Waals surface area contributed by atoms with Gasteiger partial charge in [-0.3, -0.25) is 4.90 Å². The molecular weight excluding hydrogens is 436 g/mol. The second kappa shape index (κ2) is 10.2. The van der Waals surface area contributed by atoms with Crippen LogP contribution in [-0.2, 0) is 0 Å². The average molecular weight is 465 g/mol. The molecule has 1 fully saturated rings. The van der Waals surface area contributed by atoms with Crippen molar-refractivity contribution in [2.45, 2.75) is 12.5 Å². The Hall–Kier alpha value is -1.96. The molecule has 158 valence electrons. The van der Waals surface area contributed by atoms with Gasteiger partial charge in [-0.25, -0.2) is 0 Å². The van der Waals surface area contributed by atoms with E-state index in [9.17, 15) is 0 Å². The van der Waals surface area contributed by atoms with Gasteiger partial charge in [0, 0.05) is 24.1 Å². The molecule has 1 atom stereocenters. The summed E-state index contributed by atoms with van der Waals surface area (Å²) in [4.78, 5) is 2.49. The minimum Gasteiger partial charge on any atom is -0.493 e. The second-order valence-electron chi connectivity index (χ2n) is 6.89. The highest BCUT2D eigenvalue weighted by molar-refractivity contribution is 9.10. The Labute approximate surface area is 181 Å². The van der Waals surface area contributed by atoms with Crippen molar-refractivity contribution in [3.8, 4) is 23.0 Å². The molecule has 1 aliphatic heterocycles. The van der Waals surface area contributed by atoms with Gasteiger partial charge in [0.2, 0.25) is 0 Å². The highest BCUT2D eigenvalue weighted by Crippen LogP contribution is 2.42. The average Bonchev–Trinajstić information content (AvgIpc) is 3.04. The highest BCUT2D eigenvalue weighted by Gasteiger charge is 2.27. The number of nitrogens with zero attached hydrogens (tertiary/aromatic N) is 1. The summed E-state index contributed by atoms with van der Waals surface area (Å²) < 4.78 is 23.1. The maximum atomic E-state index is 5.59. The monoisotopic (exact) mass is 464 g/mol. The van der Waals surface area contributed by atoms with E-state index in [1.165, 1.54) is 0 Å². The molecule has 2 aromatic rings. The first kappa shape index (κ1) is 21.7. The Bertz CT molecular complexity index is 823. The van der Waals surface area contributed by atoms with E-state index in [0.717, 1.165) is 59.7 Å². The fourth-order valence-corrected chi connectivity index (χ4v) is 4.35. The SMILES string of the molecule is COc1ccc(C(c2cc(OC)c(OC)cc2Br)N2CCCNCC2)cc1OC. The number of ether oxygens (including phenoxy) is 4. The van der Waals surface area contributed by atoms with Crippen LogP contribution in [0.4, 0.5) is 0 Å². The zero-order valence-electron chi connectivity index (χ0n) is 17.5. The summed E-state index contributed by atoms with van der Waals surface area (Å²) in [6, 6.07) is 10.2. The molecule has 3 rings (SSSR count). The Balaban J connectivity index is 2.14. The van der Waals surface area contributed by atoms with E-state index >= 15 is 0 Å². The Morgan fingerprint density at radius 2 is 1.48 bits per heavy atom. The van der Waals surface area contributed by atoms with Gasteiger partial charge in [-0.1, -0.05) is 22.0 Å². The molecule has 0 aromatic heterocycles. The molecule has 7 heteroatoms. The number of halogens is 1. The minimum absolute atomic E-state index is 0.0314. The third-order valence-electron chi connectivity index (χ3n) is 5.26. The van der Waals surface area contributed by atoms with Crippen molar-refractivity contribution in [3.05, 3.63) is 45.9 Å². The lowest BCUT2D eigenvalue weighted by atomic mass is 9.95. The summed E-state index contributed by atoms with van der Waals surface area (Å²) in [6.07, 6.45) is 1.09. The van der Waals surface area contributed by atoms with Gasteiger partial charge in [-0.05, 0) is 48.4 Å². The van der Waals surface area contributed by atoms with E-state index < -0.39 is 0 Å². The number of benzene rings is 2. The summed E-state index contributed by atoms with van der Waals surface area (Å²) in [6.45, 7) is 3.92. The summed E-state index contributed by atoms with van der Waals surface area (Å²) in [5.41, 5.74) is 2.26. The predicted molar refractivity (Wildman–Crippen MR) is 118 cm³/mol. The Kier molecular flexibility index (Phi) is 7.64. The van der Waals surface area contributed by atoms with Crippen molar-refractivity contribution in [2.75, 3.05) is 54.6 Å². The van der Waals surface area contributed by atoms with Gasteiger partial charge in [0.1, 0.15) is 0 Å². The van der Waals surface area contributed by atoms with E-state index in [-0.39, 0.29) is 6.04 Å². The zero-order chi connectivity index (χ0) is 20.8. The van der Waals surface area contributed by atoms with E-state index in [0.29, 0.717) is 11.5 Å². The smallest absolute Gasteiger partial charge is 0.161 e. The van der Waals surface area contributed by atoms with Crippen molar-refractivity contribution in [2.24, 2.45) is 0 Å². The third-order valence-corrected chi connectivity index (χ3v) is 5.95. The fourth-order valence-electron chi connectivity index (χ4n) is 3.81. The molecule has 0 aliphatic carbocycles. The van der Waals surface area contributed by atoms with Gasteiger partial charge in [0.05, 0.1) is 34.5 Å². The van der Waals surface area contributed by atoms with Crippen molar-refractivity contribution in [1.82, 2.24) is 10.2 Å². The lowest BCUT2D eigenvalue weighted by Gasteiger charge is -2.32. The van der Waals surface area contributed by atoms with Crippen LogP contribution in [0, 0.1) is 0 Å². The molecule has 6 nitrogen and oxygen atoms in total. The van der Waals surface area contributed by atoms with Crippen molar-refractivity contribution < 1.29 is 18.9 Å². The van der Waals surface area contributed by atoms with E-state index in [1.807, 2.05) is 12.1 Å². The number of hydrogen-bond donors (Lipinski definition) is 1. The molecule has 0 saturated carbocycles. The van der Waals surface area contributed by atoms with E-state index in [4.69, 9.17) is 18.9 Å². The van der Waals surface area contributed by atoms with Crippen LogP contribution in [0.25, 0.3) is 0 Å². The van der Waals surface area contributed by atoms with Crippen molar-refractivity contribution in [1.29, 1.82) is 0 Å². The summed E-state index contributed by atoms with van der Waals surface area (Å²) in [5.74, 6) is 2.86. The first-order valence-corrected chi connectivity index (χ1v) is 10.5.